The first-order valence-electron chi connectivity index (χ1n) is 32.1. The average Bonchev–Trinajstić information content (AvgIpc) is 4.09. The minimum atomic E-state index is -0.116. The highest BCUT2D eigenvalue weighted by atomic mass is 19.1. The number of hydrogen-bond donors (Lipinski definition) is 0. The van der Waals surface area contributed by atoms with Crippen LogP contribution in [0.5, 0.6) is 0 Å². The van der Waals surface area contributed by atoms with Crippen molar-refractivity contribution in [2.45, 2.75) is 224 Å². The van der Waals surface area contributed by atoms with Crippen molar-refractivity contribution in [3.05, 3.63) is 208 Å². The van der Waals surface area contributed by atoms with Crippen molar-refractivity contribution in [1.29, 1.82) is 0 Å². The predicted molar refractivity (Wildman–Crippen MR) is 384 cm³/mol. The molecular formula is C78H127F2N9. The van der Waals surface area contributed by atoms with Gasteiger partial charge < -0.3 is 41.1 Å². The minimum Gasteiger partial charge on any atom is -0.354 e. The maximum absolute atomic E-state index is 12.6. The second kappa shape index (κ2) is 35.1. The molecule has 9 aromatic heterocycles. The van der Waals surface area contributed by atoms with E-state index < -0.39 is 0 Å². The van der Waals surface area contributed by atoms with Crippen LogP contribution in [0.2, 0.25) is 0 Å². The Kier molecular flexibility index (Phi) is 31.7. The smallest absolute Gasteiger partial charge is 0.143 e. The first-order valence-corrected chi connectivity index (χ1v) is 32.1. The van der Waals surface area contributed by atoms with Crippen LogP contribution in [0.25, 0.3) is 0 Å². The predicted octanol–water partition coefficient (Wildman–Crippen LogP) is 20.5. The molecule has 0 amide bonds. The number of halogens is 2. The third-order valence-electron chi connectivity index (χ3n) is 19.1. The molecule has 0 atom stereocenters. The summed E-state index contributed by atoms with van der Waals surface area (Å²) in [5.41, 5.74) is 33.2. The molecule has 0 aliphatic carbocycles. The van der Waals surface area contributed by atoms with Gasteiger partial charge in [0, 0.05) is 182 Å². The zero-order valence-corrected chi connectivity index (χ0v) is 63.8. The van der Waals surface area contributed by atoms with E-state index in [2.05, 4.69) is 298 Å². The molecule has 0 spiro atoms. The van der Waals surface area contributed by atoms with Crippen LogP contribution >= 0.6 is 0 Å². The molecule has 0 aromatic carbocycles. The highest BCUT2D eigenvalue weighted by Gasteiger charge is 2.15. The van der Waals surface area contributed by atoms with Gasteiger partial charge in [0.05, 0.1) is 0 Å². The maximum Gasteiger partial charge on any atom is 0.143 e. The zero-order chi connectivity index (χ0) is 69.5. The lowest BCUT2D eigenvalue weighted by Crippen LogP contribution is -1.98. The van der Waals surface area contributed by atoms with Crippen molar-refractivity contribution in [3.63, 3.8) is 0 Å². The van der Waals surface area contributed by atoms with E-state index in [1.807, 2.05) is 27.9 Å². The summed E-state index contributed by atoms with van der Waals surface area (Å²) in [6.07, 6.45) is 18.3. The van der Waals surface area contributed by atoms with Gasteiger partial charge in [0.25, 0.3) is 0 Å². The summed E-state index contributed by atoms with van der Waals surface area (Å²) in [4.78, 5) is 0. The highest BCUT2D eigenvalue weighted by Crippen LogP contribution is 2.29. The van der Waals surface area contributed by atoms with Gasteiger partial charge in [-0.25, -0.2) is 8.78 Å². The minimum absolute atomic E-state index is 0.116. The molecule has 0 saturated carbocycles. The highest BCUT2D eigenvalue weighted by molar-refractivity contribution is 5.36. The number of rotatable bonds is 4. The van der Waals surface area contributed by atoms with Gasteiger partial charge in [0.2, 0.25) is 0 Å². The van der Waals surface area contributed by atoms with Gasteiger partial charge in [0.15, 0.2) is 0 Å². The number of nitrogens with zero attached hydrogens (tertiary/aromatic N) is 9. The van der Waals surface area contributed by atoms with E-state index in [-0.39, 0.29) is 11.6 Å². The summed E-state index contributed by atoms with van der Waals surface area (Å²) >= 11 is 0. The molecule has 9 heterocycles. The van der Waals surface area contributed by atoms with E-state index in [0.29, 0.717) is 23.7 Å². The van der Waals surface area contributed by atoms with E-state index in [1.54, 1.807) is 23.0 Å². The van der Waals surface area contributed by atoms with Gasteiger partial charge in [-0.15, -0.1) is 0 Å². The maximum atomic E-state index is 12.6. The Morgan fingerprint density at radius 2 is 0.404 bits per heavy atom. The molecule has 0 aliphatic heterocycles. The van der Waals surface area contributed by atoms with Gasteiger partial charge in [0.1, 0.15) is 11.6 Å². The topological polar surface area (TPSA) is 44.4 Å². The molecule has 0 fully saturated rings. The first-order chi connectivity index (χ1) is 40.8. The van der Waals surface area contributed by atoms with Crippen LogP contribution < -0.4 is 0 Å². The molecule has 498 valence electrons. The summed E-state index contributed by atoms with van der Waals surface area (Å²) in [6.45, 7) is 62.1. The lowest BCUT2D eigenvalue weighted by atomic mass is 9.98. The van der Waals surface area contributed by atoms with Crippen LogP contribution in [0.3, 0.4) is 0 Å². The summed E-state index contributed by atoms with van der Waals surface area (Å²) in [5, 5.41) is 0. The summed E-state index contributed by atoms with van der Waals surface area (Å²) < 4.78 is 44.1. The van der Waals surface area contributed by atoms with E-state index >= 15 is 0 Å². The van der Waals surface area contributed by atoms with Crippen molar-refractivity contribution in [1.82, 2.24) is 41.1 Å². The van der Waals surface area contributed by atoms with Gasteiger partial charge >= 0.3 is 0 Å². The molecule has 0 N–H and O–H groups in total. The Labute approximate surface area is 542 Å². The molecule has 0 unspecified atom stereocenters. The summed E-state index contributed by atoms with van der Waals surface area (Å²) in [7, 11) is 18.4. The third-order valence-corrected chi connectivity index (χ3v) is 19.1. The quantitative estimate of drug-likeness (QED) is 0.169. The van der Waals surface area contributed by atoms with Crippen LogP contribution in [-0.4, -0.2) is 41.1 Å². The van der Waals surface area contributed by atoms with Crippen molar-refractivity contribution in [2.75, 3.05) is 0 Å². The van der Waals surface area contributed by atoms with Crippen molar-refractivity contribution < 1.29 is 8.78 Å². The fraction of sp³-hybridized carbons (Fsp3) is 0.538. The number of hydrogen-bond acceptors (Lipinski definition) is 0. The molecule has 0 radical (unpaired) electrons. The van der Waals surface area contributed by atoms with Crippen molar-refractivity contribution >= 4 is 0 Å². The molecule has 0 bridgehead atoms. The Hall–Kier alpha value is -6.62. The average molecular weight is 1230 g/mol. The molecule has 11 heteroatoms. The molecular weight excluding hydrogens is 1100 g/mol. The van der Waals surface area contributed by atoms with Crippen LogP contribution in [0, 0.1) is 157 Å². The molecule has 9 aromatic rings. The van der Waals surface area contributed by atoms with Crippen molar-refractivity contribution in [3.8, 4) is 0 Å². The lowest BCUT2D eigenvalue weighted by molar-refractivity contribution is 0.617. The Bertz CT molecular complexity index is 3130. The van der Waals surface area contributed by atoms with E-state index in [9.17, 15) is 8.78 Å². The number of aryl methyl sites for hydroxylation is 14. The normalized spacial score (nSPS) is 10.7. The Morgan fingerprint density at radius 1 is 0.213 bits per heavy atom. The third kappa shape index (κ3) is 21.8. The molecule has 89 heavy (non-hydrogen) atoms. The standard InChI is InChI=1S/C12H21N.2C10H17N.4C8H13N.2C7H10FN/c1-8(2)11-7-13(6)12(9(3)4)10(11)5;1-7(2)10-6-11(5)9(4)8(10)3;1-7(2)10-9(4)8(3)6-11(10)5;4*1-6-5-9(4)8(3)7(6)2;2*1-5-6(2)9(3)4-7(5)8/h7-9H,1-6H3;2*6-7H,1-5H3;4*5H,1-4H3;2*4H,1-3H3. The molecule has 0 aliphatic rings. The Balaban J connectivity index is 0.000000502. The summed E-state index contributed by atoms with van der Waals surface area (Å²) in [6, 6.07) is 0. The van der Waals surface area contributed by atoms with Gasteiger partial charge in [-0.05, 0) is 247 Å². The van der Waals surface area contributed by atoms with Crippen LogP contribution in [0.1, 0.15) is 219 Å². The summed E-state index contributed by atoms with van der Waals surface area (Å²) in [5.74, 6) is 2.31. The zero-order valence-electron chi connectivity index (χ0n) is 63.8. The second-order valence-corrected chi connectivity index (χ2v) is 26.8. The monoisotopic (exact) mass is 1230 g/mol. The van der Waals surface area contributed by atoms with Gasteiger partial charge in [-0.3, -0.25) is 0 Å². The first kappa shape index (κ1) is 80.4. The Morgan fingerprint density at radius 3 is 0.506 bits per heavy atom. The largest absolute Gasteiger partial charge is 0.354 e. The number of aromatic nitrogens is 9. The van der Waals surface area contributed by atoms with Crippen molar-refractivity contribution in [2.24, 2.45) is 63.4 Å². The lowest BCUT2D eigenvalue weighted by Gasteiger charge is -2.09. The fourth-order valence-electron chi connectivity index (χ4n) is 11.2. The fourth-order valence-corrected chi connectivity index (χ4v) is 11.2. The molecule has 9 rings (SSSR count). The van der Waals surface area contributed by atoms with Gasteiger partial charge in [-0.2, -0.15) is 0 Å². The van der Waals surface area contributed by atoms with E-state index in [4.69, 9.17) is 0 Å². The SMILES string of the molecule is Cc1c(C(C)C)cn(C)c1C.Cc1c(C(C)C)cn(C)c1C(C)C.Cc1c(F)cn(C)c1C.Cc1c(F)cn(C)c1C.Cc1cn(C)c(C(C)C)c1C.Cc1cn(C)c(C)c1C.Cc1cn(C)c(C)c1C.Cc1cn(C)c(C)c1C.Cc1cn(C)c(C)c1C. The van der Waals surface area contributed by atoms with Crippen LogP contribution in [0.15, 0.2) is 55.8 Å². The van der Waals surface area contributed by atoms with E-state index in [1.165, 1.54) is 130 Å². The molecule has 0 saturated heterocycles. The van der Waals surface area contributed by atoms with Crippen LogP contribution in [0.4, 0.5) is 8.78 Å². The van der Waals surface area contributed by atoms with E-state index in [0.717, 1.165) is 22.5 Å². The second-order valence-electron chi connectivity index (χ2n) is 26.8. The van der Waals surface area contributed by atoms with Gasteiger partial charge in [-0.1, -0.05) is 55.4 Å². The van der Waals surface area contributed by atoms with Crippen LogP contribution in [-0.2, 0) is 63.4 Å². The molecule has 9 nitrogen and oxygen atoms in total.